The molecule has 1 aliphatic rings. The first-order valence-electron chi connectivity index (χ1n) is 9.14. The summed E-state index contributed by atoms with van der Waals surface area (Å²) in [5.41, 5.74) is 2.46. The molecule has 0 amide bonds. The maximum Gasteiger partial charge on any atom is 0.0493 e. The van der Waals surface area contributed by atoms with Gasteiger partial charge in [-0.2, -0.15) is 0 Å². The molecule has 0 fully saturated rings. The van der Waals surface area contributed by atoms with Crippen molar-refractivity contribution < 1.29 is 0 Å². The Bertz CT molecular complexity index is 639. The molecule has 0 atom stereocenters. The van der Waals surface area contributed by atoms with Crippen molar-refractivity contribution in [3.63, 3.8) is 0 Å². The zero-order valence-corrected chi connectivity index (χ0v) is 15.9. The number of rotatable bonds is 9. The van der Waals surface area contributed by atoms with Crippen molar-refractivity contribution in [1.29, 1.82) is 0 Å². The molecule has 0 aromatic carbocycles. The Hall–Kier alpha value is -2.46. The molecule has 1 nitrogen and oxygen atoms in total. The molecule has 0 saturated heterocycles. The van der Waals surface area contributed by atoms with Crippen molar-refractivity contribution in [3.8, 4) is 11.8 Å². The summed E-state index contributed by atoms with van der Waals surface area (Å²) in [5, 5.41) is 0. The van der Waals surface area contributed by atoms with Gasteiger partial charge in [0.25, 0.3) is 0 Å². The molecule has 25 heavy (non-hydrogen) atoms. The van der Waals surface area contributed by atoms with Gasteiger partial charge in [0.05, 0.1) is 0 Å². The lowest BCUT2D eigenvalue weighted by Crippen LogP contribution is -2.21. The van der Waals surface area contributed by atoms with Crippen LogP contribution in [0.4, 0.5) is 0 Å². The average Bonchev–Trinajstić information content (AvgIpc) is 2.59. The smallest absolute Gasteiger partial charge is 0.0493 e. The predicted molar refractivity (Wildman–Crippen MR) is 112 cm³/mol. The Kier molecular flexibility index (Phi) is 11.5. The Labute approximate surface area is 154 Å². The van der Waals surface area contributed by atoms with Gasteiger partial charge in [-0.05, 0) is 38.8 Å². The monoisotopic (exact) mass is 333 g/mol. The molecule has 132 valence electrons. The normalized spacial score (nSPS) is 19.0. The van der Waals surface area contributed by atoms with Crippen LogP contribution >= 0.6 is 0 Å². The molecule has 0 aromatic rings. The molecular weight excluding hydrogens is 302 g/mol. The number of allylic oxidation sites excluding steroid dienone is 13. The highest BCUT2D eigenvalue weighted by atomic mass is 15.1. The predicted octanol–water partition coefficient (Wildman–Crippen LogP) is 6.47. The Morgan fingerprint density at radius 1 is 1.12 bits per heavy atom. The molecule has 0 radical (unpaired) electrons. The highest BCUT2D eigenvalue weighted by Crippen LogP contribution is 2.17. The first-order valence-corrected chi connectivity index (χ1v) is 9.14. The van der Waals surface area contributed by atoms with Crippen LogP contribution < -0.4 is 0 Å². The molecule has 1 heteroatoms. The highest BCUT2D eigenvalue weighted by molar-refractivity contribution is 5.27. The summed E-state index contributed by atoms with van der Waals surface area (Å²) in [6, 6.07) is 0. The maximum absolute atomic E-state index is 3.26. The summed E-state index contributed by atoms with van der Waals surface area (Å²) < 4.78 is 0. The third-order valence-electron chi connectivity index (χ3n) is 3.69. The number of hydrogen-bond donors (Lipinski definition) is 0. The molecule has 0 spiro atoms. The van der Waals surface area contributed by atoms with Crippen molar-refractivity contribution in [2.75, 3.05) is 6.54 Å². The van der Waals surface area contributed by atoms with Gasteiger partial charge in [0.2, 0.25) is 0 Å². The summed E-state index contributed by atoms with van der Waals surface area (Å²) in [6.45, 7) is 7.20. The second-order valence-electron chi connectivity index (χ2n) is 5.74. The molecule has 0 aliphatic heterocycles. The van der Waals surface area contributed by atoms with E-state index in [-0.39, 0.29) is 0 Å². The van der Waals surface area contributed by atoms with E-state index in [1.54, 1.807) is 0 Å². The van der Waals surface area contributed by atoms with Crippen LogP contribution in [0.5, 0.6) is 0 Å². The number of nitrogens with zero attached hydrogens (tertiary/aromatic N) is 1. The van der Waals surface area contributed by atoms with Crippen molar-refractivity contribution >= 4 is 0 Å². The molecule has 0 bridgehead atoms. The van der Waals surface area contributed by atoms with Gasteiger partial charge >= 0.3 is 0 Å². The van der Waals surface area contributed by atoms with Crippen LogP contribution in [0.2, 0.25) is 0 Å². The van der Waals surface area contributed by atoms with E-state index >= 15 is 0 Å². The van der Waals surface area contributed by atoms with Gasteiger partial charge in [0, 0.05) is 30.8 Å². The van der Waals surface area contributed by atoms with Gasteiger partial charge in [0.15, 0.2) is 0 Å². The zero-order chi connectivity index (χ0) is 18.2. The van der Waals surface area contributed by atoms with Crippen LogP contribution in [0.15, 0.2) is 84.3 Å². The molecule has 0 heterocycles. The summed E-state index contributed by atoms with van der Waals surface area (Å²) in [6.07, 6.45) is 29.4. The Balaban J connectivity index is 2.89. The fraction of sp³-hybridized carbons (Fsp3) is 0.333. The van der Waals surface area contributed by atoms with E-state index in [1.807, 2.05) is 19.1 Å². The lowest BCUT2D eigenvalue weighted by Gasteiger charge is -2.26. The van der Waals surface area contributed by atoms with Crippen LogP contribution in [0, 0.1) is 11.8 Å². The lowest BCUT2D eigenvalue weighted by atomic mass is 10.1. The van der Waals surface area contributed by atoms with Crippen molar-refractivity contribution in [1.82, 2.24) is 4.90 Å². The van der Waals surface area contributed by atoms with Crippen LogP contribution in [-0.2, 0) is 0 Å². The van der Waals surface area contributed by atoms with Gasteiger partial charge in [-0.3, -0.25) is 0 Å². The van der Waals surface area contributed by atoms with Gasteiger partial charge in [0.1, 0.15) is 0 Å². The summed E-state index contributed by atoms with van der Waals surface area (Å²) in [5.74, 6) is 6.45. The first-order chi connectivity index (χ1) is 12.3. The Morgan fingerprint density at radius 2 is 1.96 bits per heavy atom. The molecule has 1 rings (SSSR count). The molecule has 0 unspecified atom stereocenters. The van der Waals surface area contributed by atoms with Gasteiger partial charge < -0.3 is 4.90 Å². The molecule has 0 N–H and O–H groups in total. The van der Waals surface area contributed by atoms with E-state index in [0.29, 0.717) is 0 Å². The van der Waals surface area contributed by atoms with E-state index in [4.69, 9.17) is 0 Å². The van der Waals surface area contributed by atoms with Crippen molar-refractivity contribution in [2.45, 2.75) is 46.5 Å². The van der Waals surface area contributed by atoms with E-state index in [0.717, 1.165) is 32.2 Å². The van der Waals surface area contributed by atoms with Gasteiger partial charge in [-0.1, -0.05) is 79.5 Å². The van der Waals surface area contributed by atoms with E-state index in [1.165, 1.54) is 11.4 Å². The van der Waals surface area contributed by atoms with Crippen LogP contribution in [0.1, 0.15) is 46.5 Å². The molecule has 0 saturated carbocycles. The largest absolute Gasteiger partial charge is 0.344 e. The summed E-state index contributed by atoms with van der Waals surface area (Å²) >= 11 is 0. The standard InChI is InChI=1S/C24H31N/c1-4-6-8-10-14-18-22-25(23(3)19-15-9-7-5-2)24-20-16-12-11-13-17-21-24/h5-9,12,14-16,18-20H,4,10-11,21-22H2,1-3H3/b7-5-,8-6-,15-9-,16-12-,18-14-,23-19+,24-20+. The van der Waals surface area contributed by atoms with Crippen molar-refractivity contribution in [2.24, 2.45) is 0 Å². The van der Waals surface area contributed by atoms with Crippen LogP contribution in [0.3, 0.4) is 0 Å². The first kappa shape index (κ1) is 20.6. The Morgan fingerprint density at radius 3 is 2.76 bits per heavy atom. The fourth-order valence-electron chi connectivity index (χ4n) is 2.34. The number of hydrogen-bond acceptors (Lipinski definition) is 1. The minimum Gasteiger partial charge on any atom is -0.344 e. The third kappa shape index (κ3) is 9.42. The van der Waals surface area contributed by atoms with E-state index in [2.05, 4.69) is 91.3 Å². The zero-order valence-electron chi connectivity index (χ0n) is 15.9. The molecular formula is C24H31N. The van der Waals surface area contributed by atoms with E-state index in [9.17, 15) is 0 Å². The summed E-state index contributed by atoms with van der Waals surface area (Å²) in [4.78, 5) is 2.34. The topological polar surface area (TPSA) is 3.24 Å². The third-order valence-corrected chi connectivity index (χ3v) is 3.69. The minimum atomic E-state index is 0.789. The second-order valence-corrected chi connectivity index (χ2v) is 5.74. The fourth-order valence-corrected chi connectivity index (χ4v) is 2.34. The lowest BCUT2D eigenvalue weighted by molar-refractivity contribution is 0.465. The van der Waals surface area contributed by atoms with Crippen LogP contribution in [0.25, 0.3) is 0 Å². The minimum absolute atomic E-state index is 0.789. The van der Waals surface area contributed by atoms with Crippen molar-refractivity contribution in [3.05, 3.63) is 84.3 Å². The van der Waals surface area contributed by atoms with Crippen LogP contribution in [-0.4, -0.2) is 11.4 Å². The SMILES string of the molecule is C\C=C/C=C\C=C(/C)N(C/C=C\C/C=C\CC)/C1=C/C=C\CC#CC1. The highest BCUT2D eigenvalue weighted by Gasteiger charge is 2.08. The quantitative estimate of drug-likeness (QED) is 0.265. The second kappa shape index (κ2) is 13.9. The molecule has 1 aliphatic carbocycles. The van der Waals surface area contributed by atoms with E-state index < -0.39 is 0 Å². The average molecular weight is 334 g/mol. The van der Waals surface area contributed by atoms with Gasteiger partial charge in [-0.15, -0.1) is 0 Å². The maximum atomic E-state index is 3.26. The summed E-state index contributed by atoms with van der Waals surface area (Å²) in [7, 11) is 0. The molecule has 0 aromatic heterocycles. The van der Waals surface area contributed by atoms with Gasteiger partial charge in [-0.25, -0.2) is 0 Å².